The van der Waals surface area contributed by atoms with Crippen LogP contribution in [0.4, 0.5) is 0 Å². The highest BCUT2D eigenvalue weighted by atomic mass is 16.2. The lowest BCUT2D eigenvalue weighted by Crippen LogP contribution is -2.40. The molecular weight excluding hydrogens is 328 g/mol. The molecule has 6 nitrogen and oxygen atoms in total. The van der Waals surface area contributed by atoms with E-state index in [1.165, 1.54) is 0 Å². The van der Waals surface area contributed by atoms with Gasteiger partial charge >= 0.3 is 5.69 Å². The molecule has 1 amide bonds. The minimum atomic E-state index is -0.165. The van der Waals surface area contributed by atoms with E-state index in [9.17, 15) is 9.59 Å². The number of carbonyl (C=O) groups excluding carboxylic acids is 1. The van der Waals surface area contributed by atoms with Crippen LogP contribution in [0.5, 0.6) is 0 Å². The van der Waals surface area contributed by atoms with Crippen LogP contribution in [0, 0.1) is 11.3 Å². The zero-order valence-electron chi connectivity index (χ0n) is 15.4. The molecule has 1 saturated carbocycles. The topological polar surface area (TPSA) is 71.0 Å². The lowest BCUT2D eigenvalue weighted by atomic mass is 9.95. The molecule has 1 atom stereocenters. The van der Waals surface area contributed by atoms with Crippen LogP contribution in [-0.2, 0) is 11.3 Å². The van der Waals surface area contributed by atoms with Gasteiger partial charge in [0, 0.05) is 24.9 Å². The number of benzene rings is 1. The number of hydrogen-bond donors (Lipinski definition) is 1. The fraction of sp³-hybridized carbons (Fsp3) is 0.550. The average molecular weight is 354 g/mol. The van der Waals surface area contributed by atoms with Crippen molar-refractivity contribution >= 4 is 5.91 Å². The number of amides is 1. The molecule has 26 heavy (non-hydrogen) atoms. The first kappa shape index (κ1) is 17.1. The van der Waals surface area contributed by atoms with Gasteiger partial charge in [0.1, 0.15) is 5.82 Å². The van der Waals surface area contributed by atoms with Crippen LogP contribution < -0.4 is 5.69 Å². The van der Waals surface area contributed by atoms with E-state index in [0.717, 1.165) is 43.7 Å². The lowest BCUT2D eigenvalue weighted by Gasteiger charge is -2.32. The molecule has 4 rings (SSSR count). The van der Waals surface area contributed by atoms with Crippen LogP contribution in [0.15, 0.2) is 35.1 Å². The van der Waals surface area contributed by atoms with Crippen molar-refractivity contribution < 1.29 is 4.79 Å². The molecule has 1 aromatic heterocycles. The highest BCUT2D eigenvalue weighted by Crippen LogP contribution is 2.52. The summed E-state index contributed by atoms with van der Waals surface area (Å²) >= 11 is 0. The van der Waals surface area contributed by atoms with Gasteiger partial charge in [-0.3, -0.25) is 9.36 Å². The summed E-state index contributed by atoms with van der Waals surface area (Å²) in [5, 5.41) is 6.90. The van der Waals surface area contributed by atoms with E-state index in [0.29, 0.717) is 12.5 Å². The Hall–Kier alpha value is -2.37. The average Bonchev–Trinajstić information content (AvgIpc) is 3.14. The smallest absolute Gasteiger partial charge is 0.342 e. The third kappa shape index (κ3) is 3.20. The first-order valence-corrected chi connectivity index (χ1v) is 9.43. The van der Waals surface area contributed by atoms with Crippen molar-refractivity contribution in [1.29, 1.82) is 0 Å². The Labute approximate surface area is 153 Å². The summed E-state index contributed by atoms with van der Waals surface area (Å²) in [7, 11) is 0. The molecule has 0 bridgehead atoms. The molecule has 0 unspecified atom stereocenters. The second kappa shape index (κ2) is 6.41. The fourth-order valence-corrected chi connectivity index (χ4v) is 4.03. The van der Waals surface area contributed by atoms with Gasteiger partial charge in [-0.25, -0.2) is 9.89 Å². The Morgan fingerprint density at radius 1 is 1.23 bits per heavy atom. The van der Waals surface area contributed by atoms with Crippen molar-refractivity contribution in [3.05, 3.63) is 52.2 Å². The number of nitrogens with zero attached hydrogens (tertiary/aromatic N) is 3. The number of likely N-dealkylation sites (tertiary alicyclic amines) is 1. The van der Waals surface area contributed by atoms with E-state index in [-0.39, 0.29) is 22.9 Å². The minimum absolute atomic E-state index is 0.165. The summed E-state index contributed by atoms with van der Waals surface area (Å²) in [4.78, 5) is 26.8. The van der Waals surface area contributed by atoms with Gasteiger partial charge in [0.2, 0.25) is 5.91 Å². The van der Waals surface area contributed by atoms with E-state index in [4.69, 9.17) is 0 Å². The van der Waals surface area contributed by atoms with Crippen molar-refractivity contribution in [2.45, 2.75) is 45.6 Å². The number of aromatic amines is 1. The van der Waals surface area contributed by atoms with Gasteiger partial charge in [-0.2, -0.15) is 5.10 Å². The zero-order chi connectivity index (χ0) is 18.3. The van der Waals surface area contributed by atoms with Crippen molar-refractivity contribution in [3.63, 3.8) is 0 Å². The number of rotatable bonds is 4. The molecule has 2 aliphatic rings. The largest absolute Gasteiger partial charge is 0.343 e. The number of H-pyrrole nitrogens is 1. The van der Waals surface area contributed by atoms with Crippen LogP contribution in [0.3, 0.4) is 0 Å². The zero-order valence-corrected chi connectivity index (χ0v) is 15.4. The van der Waals surface area contributed by atoms with E-state index in [2.05, 4.69) is 24.0 Å². The van der Waals surface area contributed by atoms with E-state index in [1.54, 1.807) is 4.57 Å². The van der Waals surface area contributed by atoms with E-state index >= 15 is 0 Å². The number of carbonyl (C=O) groups is 1. The second-order valence-corrected chi connectivity index (χ2v) is 8.30. The highest BCUT2D eigenvalue weighted by Gasteiger charge is 2.52. The third-order valence-corrected chi connectivity index (χ3v) is 5.95. The Bertz CT molecular complexity index is 844. The maximum Gasteiger partial charge on any atom is 0.343 e. The van der Waals surface area contributed by atoms with Crippen molar-refractivity contribution in [2.24, 2.45) is 11.3 Å². The third-order valence-electron chi connectivity index (χ3n) is 5.95. The van der Waals surface area contributed by atoms with Crippen molar-refractivity contribution in [1.82, 2.24) is 19.7 Å². The predicted molar refractivity (Wildman–Crippen MR) is 98.8 cm³/mol. The number of hydrogen-bond acceptors (Lipinski definition) is 3. The van der Waals surface area contributed by atoms with Crippen LogP contribution in [-0.4, -0.2) is 38.7 Å². The first-order valence-electron chi connectivity index (χ1n) is 9.43. The van der Waals surface area contributed by atoms with Gasteiger partial charge in [0.05, 0.1) is 6.54 Å². The predicted octanol–water partition coefficient (Wildman–Crippen LogP) is 2.37. The number of nitrogens with one attached hydrogen (secondary N) is 1. The summed E-state index contributed by atoms with van der Waals surface area (Å²) in [6.45, 7) is 6.36. The van der Waals surface area contributed by atoms with Crippen molar-refractivity contribution in [2.75, 3.05) is 13.1 Å². The molecule has 1 aliphatic carbocycles. The maximum atomic E-state index is 12.6. The number of piperidine rings is 1. The molecule has 0 spiro atoms. The summed E-state index contributed by atoms with van der Waals surface area (Å²) in [6.07, 6.45) is 2.72. The normalized spacial score (nSPS) is 22.4. The summed E-state index contributed by atoms with van der Waals surface area (Å²) < 4.78 is 1.74. The molecule has 1 N–H and O–H groups in total. The first-order chi connectivity index (χ1) is 12.5. The van der Waals surface area contributed by atoms with E-state index < -0.39 is 0 Å². The molecule has 6 heteroatoms. The lowest BCUT2D eigenvalue weighted by molar-refractivity contribution is -0.134. The molecule has 1 aliphatic heterocycles. The van der Waals surface area contributed by atoms with Gasteiger partial charge in [-0.15, -0.1) is 0 Å². The molecule has 1 aromatic carbocycles. The quantitative estimate of drug-likeness (QED) is 0.916. The van der Waals surface area contributed by atoms with Crippen molar-refractivity contribution in [3.8, 4) is 0 Å². The summed E-state index contributed by atoms with van der Waals surface area (Å²) in [5.41, 5.74) is 1.09. The number of aromatic nitrogens is 3. The highest BCUT2D eigenvalue weighted by molar-refractivity contribution is 5.82. The SMILES string of the molecule is CC1(C)C[C@H]1C(=O)N1CCC(c2n[nH]c(=O)n2Cc2ccccc2)CC1. The van der Waals surface area contributed by atoms with Crippen LogP contribution in [0.1, 0.15) is 50.4 Å². The Balaban J connectivity index is 1.44. The van der Waals surface area contributed by atoms with Gasteiger partial charge in [-0.1, -0.05) is 44.2 Å². The molecule has 2 fully saturated rings. The van der Waals surface area contributed by atoms with Gasteiger partial charge in [-0.05, 0) is 30.2 Å². The Kier molecular flexibility index (Phi) is 4.21. The molecule has 1 saturated heterocycles. The second-order valence-electron chi connectivity index (χ2n) is 8.30. The van der Waals surface area contributed by atoms with Gasteiger partial charge in [0.25, 0.3) is 0 Å². The van der Waals surface area contributed by atoms with Crippen LogP contribution >= 0.6 is 0 Å². The molecular formula is C20H26N4O2. The van der Waals surface area contributed by atoms with Crippen LogP contribution in [0.25, 0.3) is 0 Å². The summed E-state index contributed by atoms with van der Waals surface area (Å²) in [6, 6.07) is 9.95. The monoisotopic (exact) mass is 354 g/mol. The Morgan fingerprint density at radius 3 is 2.50 bits per heavy atom. The summed E-state index contributed by atoms with van der Waals surface area (Å²) in [5.74, 6) is 1.53. The van der Waals surface area contributed by atoms with Gasteiger partial charge in [0.15, 0.2) is 0 Å². The maximum absolute atomic E-state index is 12.6. The molecule has 138 valence electrons. The van der Waals surface area contributed by atoms with E-state index in [1.807, 2.05) is 35.2 Å². The molecule has 2 aromatic rings. The van der Waals surface area contributed by atoms with Crippen LogP contribution in [0.2, 0.25) is 0 Å². The Morgan fingerprint density at radius 2 is 1.88 bits per heavy atom. The van der Waals surface area contributed by atoms with Gasteiger partial charge < -0.3 is 4.90 Å². The molecule has 0 radical (unpaired) electrons. The fourth-order valence-electron chi connectivity index (χ4n) is 4.03. The minimum Gasteiger partial charge on any atom is -0.342 e. The standard InChI is InChI=1S/C20H26N4O2/c1-20(2)12-16(20)18(25)23-10-8-15(9-11-23)17-21-22-19(26)24(17)13-14-6-4-3-5-7-14/h3-7,15-16H,8-13H2,1-2H3,(H,22,26)/t16-/m0/s1. The molecule has 2 heterocycles.